The average Bonchev–Trinajstić information content (AvgIpc) is 2.32. The van der Waals surface area contributed by atoms with Crippen LogP contribution in [0.2, 0.25) is 5.02 Å². The molecule has 2 aromatic rings. The number of hydrogen-bond donors (Lipinski definition) is 0. The van der Waals surface area contributed by atoms with E-state index in [9.17, 15) is 9.18 Å². The molecule has 0 unspecified atom stereocenters. The van der Waals surface area contributed by atoms with Crippen molar-refractivity contribution < 1.29 is 9.18 Å². The van der Waals surface area contributed by atoms with E-state index in [1.165, 1.54) is 12.1 Å². The van der Waals surface area contributed by atoms with Gasteiger partial charge >= 0.3 is 0 Å². The predicted octanol–water partition coefficient (Wildman–Crippen LogP) is 4.02. The Morgan fingerprint density at radius 2 is 1.88 bits per heavy atom. The summed E-state index contributed by atoms with van der Waals surface area (Å²) in [7, 11) is 0. The second-order valence-corrected chi connectivity index (χ2v) is 4.21. The second-order valence-electron chi connectivity index (χ2n) is 3.80. The fourth-order valence-corrected chi connectivity index (χ4v) is 1.80. The number of hydrogen-bond acceptors (Lipinski definition) is 1. The van der Waals surface area contributed by atoms with Gasteiger partial charge in [-0.3, -0.25) is 4.79 Å². The minimum Gasteiger partial charge on any atom is -0.288 e. The van der Waals surface area contributed by atoms with Crippen LogP contribution in [0.5, 0.6) is 0 Å². The van der Waals surface area contributed by atoms with E-state index in [1.54, 1.807) is 24.3 Å². The fourth-order valence-electron chi connectivity index (χ4n) is 1.62. The molecular weight excluding hydrogens is 239 g/mol. The van der Waals surface area contributed by atoms with Crippen molar-refractivity contribution in [2.24, 2.45) is 0 Å². The molecule has 0 fully saturated rings. The first-order valence-electron chi connectivity index (χ1n) is 5.15. The zero-order chi connectivity index (χ0) is 12.4. The third-order valence-corrected chi connectivity index (χ3v) is 2.77. The normalized spacial score (nSPS) is 10.3. The maximum atomic E-state index is 13.7. The maximum Gasteiger partial charge on any atom is 0.196 e. The summed E-state index contributed by atoms with van der Waals surface area (Å²) < 4.78 is 13.7. The lowest BCUT2D eigenvalue weighted by Crippen LogP contribution is -2.04. The smallest absolute Gasteiger partial charge is 0.196 e. The Labute approximate surface area is 104 Å². The molecule has 0 radical (unpaired) electrons. The van der Waals surface area contributed by atoms with Crippen molar-refractivity contribution in [1.29, 1.82) is 0 Å². The lowest BCUT2D eigenvalue weighted by molar-refractivity contribution is 0.103. The van der Waals surface area contributed by atoms with Gasteiger partial charge in [0.25, 0.3) is 0 Å². The van der Waals surface area contributed by atoms with Gasteiger partial charge in [-0.05, 0) is 25.1 Å². The van der Waals surface area contributed by atoms with Gasteiger partial charge in [-0.1, -0.05) is 41.4 Å². The first-order chi connectivity index (χ1) is 8.09. The molecule has 0 aliphatic carbocycles. The summed E-state index contributed by atoms with van der Waals surface area (Å²) in [6.07, 6.45) is 0. The molecule has 3 heteroatoms. The fraction of sp³-hybridized carbons (Fsp3) is 0.0714. The molecule has 0 spiro atoms. The Morgan fingerprint density at radius 3 is 2.59 bits per heavy atom. The van der Waals surface area contributed by atoms with Crippen LogP contribution in [0.4, 0.5) is 4.39 Å². The summed E-state index contributed by atoms with van der Waals surface area (Å²) >= 11 is 5.65. The van der Waals surface area contributed by atoms with Gasteiger partial charge in [-0.2, -0.15) is 0 Å². The molecule has 0 amide bonds. The van der Waals surface area contributed by atoms with Crippen LogP contribution in [-0.2, 0) is 0 Å². The van der Waals surface area contributed by atoms with Crippen molar-refractivity contribution >= 4 is 17.4 Å². The van der Waals surface area contributed by atoms with Crippen molar-refractivity contribution in [3.63, 3.8) is 0 Å². The third-order valence-electron chi connectivity index (χ3n) is 2.48. The summed E-state index contributed by atoms with van der Waals surface area (Å²) in [5.74, 6) is -1.02. The summed E-state index contributed by atoms with van der Waals surface area (Å²) in [5, 5.41) is -0.0384. The standard InChI is InChI=1S/C14H10ClFO/c1-9-4-2-5-10(8-9)14(17)11-6-3-7-12(15)13(11)16/h2-8H,1H3. The Balaban J connectivity index is 2.48. The Hall–Kier alpha value is -1.67. The van der Waals surface area contributed by atoms with Gasteiger partial charge in [0.1, 0.15) is 0 Å². The SMILES string of the molecule is Cc1cccc(C(=O)c2cccc(Cl)c2F)c1. The number of aryl methyl sites for hydroxylation is 1. The van der Waals surface area contributed by atoms with E-state index in [4.69, 9.17) is 11.6 Å². The third kappa shape index (κ3) is 2.37. The summed E-state index contributed by atoms with van der Waals surface area (Å²) in [5.41, 5.74) is 1.42. The van der Waals surface area contributed by atoms with Crippen molar-refractivity contribution in [3.05, 3.63) is 70.0 Å². The topological polar surface area (TPSA) is 17.1 Å². The zero-order valence-corrected chi connectivity index (χ0v) is 9.96. The molecule has 0 N–H and O–H groups in total. The molecule has 2 rings (SSSR count). The quantitative estimate of drug-likeness (QED) is 0.734. The van der Waals surface area contributed by atoms with Gasteiger partial charge < -0.3 is 0 Å². The van der Waals surface area contributed by atoms with Crippen LogP contribution in [0.3, 0.4) is 0 Å². The number of benzene rings is 2. The van der Waals surface area contributed by atoms with Crippen LogP contribution < -0.4 is 0 Å². The Bertz CT molecular complexity index is 578. The molecular formula is C14H10ClFO. The molecule has 0 heterocycles. The number of rotatable bonds is 2. The zero-order valence-electron chi connectivity index (χ0n) is 9.21. The molecule has 0 aromatic heterocycles. The minimum absolute atomic E-state index is 0.00287. The van der Waals surface area contributed by atoms with Crippen LogP contribution in [0.25, 0.3) is 0 Å². The van der Waals surface area contributed by atoms with Gasteiger partial charge in [-0.25, -0.2) is 4.39 Å². The lowest BCUT2D eigenvalue weighted by Gasteiger charge is -2.04. The summed E-state index contributed by atoms with van der Waals surface area (Å²) in [6, 6.07) is 11.5. The van der Waals surface area contributed by atoms with E-state index in [1.807, 2.05) is 13.0 Å². The number of halogens is 2. The van der Waals surface area contributed by atoms with Gasteiger partial charge in [0.05, 0.1) is 10.6 Å². The largest absolute Gasteiger partial charge is 0.288 e. The lowest BCUT2D eigenvalue weighted by atomic mass is 10.0. The Kier molecular flexibility index (Phi) is 3.25. The monoisotopic (exact) mass is 248 g/mol. The molecule has 2 aromatic carbocycles. The van der Waals surface area contributed by atoms with Crippen molar-refractivity contribution in [3.8, 4) is 0 Å². The van der Waals surface area contributed by atoms with Crippen LogP contribution in [0, 0.1) is 12.7 Å². The maximum absolute atomic E-state index is 13.7. The predicted molar refractivity (Wildman–Crippen MR) is 66.0 cm³/mol. The first kappa shape index (κ1) is 11.8. The summed E-state index contributed by atoms with van der Waals surface area (Å²) in [6.45, 7) is 1.88. The number of ketones is 1. The number of carbonyl (C=O) groups excluding carboxylic acids is 1. The van der Waals surface area contributed by atoms with Crippen LogP contribution in [-0.4, -0.2) is 5.78 Å². The van der Waals surface area contributed by atoms with E-state index in [0.29, 0.717) is 5.56 Å². The van der Waals surface area contributed by atoms with Crippen LogP contribution in [0.15, 0.2) is 42.5 Å². The highest BCUT2D eigenvalue weighted by atomic mass is 35.5. The van der Waals surface area contributed by atoms with E-state index < -0.39 is 5.82 Å². The minimum atomic E-state index is -0.666. The second kappa shape index (κ2) is 4.68. The van der Waals surface area contributed by atoms with Crippen molar-refractivity contribution in [2.75, 3.05) is 0 Å². The van der Waals surface area contributed by atoms with Gasteiger partial charge in [0, 0.05) is 5.56 Å². The highest BCUT2D eigenvalue weighted by Gasteiger charge is 2.15. The van der Waals surface area contributed by atoms with E-state index in [-0.39, 0.29) is 16.4 Å². The van der Waals surface area contributed by atoms with E-state index in [0.717, 1.165) is 5.56 Å². The summed E-state index contributed by atoms with van der Waals surface area (Å²) in [4.78, 5) is 12.1. The van der Waals surface area contributed by atoms with Crippen LogP contribution >= 0.6 is 11.6 Å². The molecule has 17 heavy (non-hydrogen) atoms. The molecule has 1 nitrogen and oxygen atoms in total. The van der Waals surface area contributed by atoms with Gasteiger partial charge in [-0.15, -0.1) is 0 Å². The highest BCUT2D eigenvalue weighted by molar-refractivity contribution is 6.31. The van der Waals surface area contributed by atoms with E-state index in [2.05, 4.69) is 0 Å². The molecule has 0 aliphatic rings. The van der Waals surface area contributed by atoms with Crippen molar-refractivity contribution in [2.45, 2.75) is 6.92 Å². The van der Waals surface area contributed by atoms with Gasteiger partial charge in [0.2, 0.25) is 0 Å². The van der Waals surface area contributed by atoms with E-state index >= 15 is 0 Å². The highest BCUT2D eigenvalue weighted by Crippen LogP contribution is 2.20. The molecule has 0 saturated heterocycles. The molecule has 0 aliphatic heterocycles. The average molecular weight is 249 g/mol. The van der Waals surface area contributed by atoms with Crippen LogP contribution in [0.1, 0.15) is 21.5 Å². The Morgan fingerprint density at radius 1 is 1.18 bits per heavy atom. The number of carbonyl (C=O) groups is 1. The van der Waals surface area contributed by atoms with Gasteiger partial charge in [0.15, 0.2) is 11.6 Å². The molecule has 86 valence electrons. The first-order valence-corrected chi connectivity index (χ1v) is 5.53. The van der Waals surface area contributed by atoms with Crippen molar-refractivity contribution in [1.82, 2.24) is 0 Å². The molecule has 0 bridgehead atoms. The molecule has 0 atom stereocenters. The molecule has 0 saturated carbocycles.